The molecule has 376 valence electrons. The number of carbonyl (C=O) groups excluding carboxylic acids is 2. The van der Waals surface area contributed by atoms with Crippen LogP contribution in [0.3, 0.4) is 0 Å². The highest BCUT2D eigenvalue weighted by Gasteiger charge is 2.49. The molecule has 4 unspecified atom stereocenters. The number of urea groups is 2. The molecule has 4 saturated heterocycles. The number of anilines is 4. The van der Waals surface area contributed by atoms with Crippen molar-refractivity contribution in [3.05, 3.63) is 71.0 Å². The highest BCUT2D eigenvalue weighted by Crippen LogP contribution is 2.50. The number of fused-ring (bicyclic) bond motifs is 8. The molecule has 22 heteroatoms. The van der Waals surface area contributed by atoms with Gasteiger partial charge in [0.15, 0.2) is 11.6 Å². The average molecular weight is 1000 g/mol. The van der Waals surface area contributed by atoms with Gasteiger partial charge < -0.3 is 40.5 Å². The summed E-state index contributed by atoms with van der Waals surface area (Å²) in [4.78, 5) is 48.1. The Kier molecular flexibility index (Phi) is 14.3. The Labute approximate surface area is 410 Å². The van der Waals surface area contributed by atoms with Crippen molar-refractivity contribution in [1.29, 1.82) is 0 Å². The number of nitrogens with one attached hydrogen (secondary N) is 4. The van der Waals surface area contributed by atoms with E-state index in [-0.39, 0.29) is 48.3 Å². The van der Waals surface area contributed by atoms with Crippen molar-refractivity contribution in [2.75, 3.05) is 85.6 Å². The van der Waals surface area contributed by atoms with Gasteiger partial charge in [-0.3, -0.25) is 0 Å². The van der Waals surface area contributed by atoms with Crippen LogP contribution >= 0.6 is 0 Å². The van der Waals surface area contributed by atoms with E-state index in [1.807, 2.05) is 62.4 Å². The number of aromatic nitrogens is 4. The molecule has 2 aromatic heterocycles. The molecule has 6 aliphatic rings. The van der Waals surface area contributed by atoms with E-state index in [0.29, 0.717) is 88.5 Å². The molecule has 0 spiro atoms. The second kappa shape index (κ2) is 20.3. The first-order valence-corrected chi connectivity index (χ1v) is 28.0. The molecule has 70 heavy (non-hydrogen) atoms. The Morgan fingerprint density at radius 2 is 0.986 bits per heavy atom. The lowest BCUT2D eigenvalue weighted by Crippen LogP contribution is -2.47. The lowest BCUT2D eigenvalue weighted by Gasteiger charge is -2.40. The summed E-state index contributed by atoms with van der Waals surface area (Å²) >= 11 is 0. The van der Waals surface area contributed by atoms with Gasteiger partial charge in [0, 0.05) is 84.7 Å². The third-order valence-corrected chi connectivity index (χ3v) is 16.6. The molecule has 10 rings (SSSR count). The number of amides is 4. The van der Waals surface area contributed by atoms with Gasteiger partial charge in [-0.05, 0) is 102 Å². The van der Waals surface area contributed by atoms with Crippen molar-refractivity contribution in [2.45, 2.75) is 102 Å². The first-order chi connectivity index (χ1) is 33.5. The predicted octanol–water partition coefficient (Wildman–Crippen LogP) is 5.06. The minimum Gasteiger partial charge on any atom is -0.377 e. The van der Waals surface area contributed by atoms with Crippen LogP contribution < -0.4 is 31.1 Å². The molecule has 4 aromatic rings. The second-order valence-electron chi connectivity index (χ2n) is 18.9. The second-order valence-corrected chi connectivity index (χ2v) is 22.7. The summed E-state index contributed by atoms with van der Waals surface area (Å²) in [7, 11) is -6.70. The van der Waals surface area contributed by atoms with Gasteiger partial charge in [0.1, 0.15) is 11.6 Å². The maximum atomic E-state index is 12.7. The molecular weight excluding hydrogens is 937 g/mol. The van der Waals surface area contributed by atoms with Crippen molar-refractivity contribution in [3.63, 3.8) is 0 Å². The fourth-order valence-corrected chi connectivity index (χ4v) is 13.7. The zero-order valence-corrected chi connectivity index (χ0v) is 42.3. The molecule has 4 amide bonds. The Hall–Kier alpha value is -5.52. The van der Waals surface area contributed by atoms with Crippen molar-refractivity contribution in [1.82, 2.24) is 39.2 Å². The number of morpholine rings is 2. The van der Waals surface area contributed by atoms with Gasteiger partial charge in [0.2, 0.25) is 20.0 Å². The van der Waals surface area contributed by atoms with Crippen molar-refractivity contribution in [3.8, 4) is 22.8 Å². The smallest absolute Gasteiger partial charge is 0.319 e. The van der Waals surface area contributed by atoms with E-state index >= 15 is 0 Å². The maximum absolute atomic E-state index is 12.7. The van der Waals surface area contributed by atoms with E-state index < -0.39 is 20.0 Å². The number of ether oxygens (including phenoxy) is 2. The molecule has 8 heterocycles. The molecule has 6 aliphatic heterocycles. The van der Waals surface area contributed by atoms with E-state index in [1.54, 1.807) is 8.61 Å². The number of sulfonamides is 2. The summed E-state index contributed by atoms with van der Waals surface area (Å²) in [5, 5.41) is 11.0. The number of nitrogens with zero attached hydrogens (tertiary/aromatic N) is 8. The number of hydrogen-bond acceptors (Lipinski definition) is 14. The van der Waals surface area contributed by atoms with Gasteiger partial charge in [-0.2, -0.15) is 8.61 Å². The highest BCUT2D eigenvalue weighted by atomic mass is 32.2. The van der Waals surface area contributed by atoms with E-state index in [1.165, 1.54) is 12.5 Å². The van der Waals surface area contributed by atoms with Crippen LogP contribution in [0.25, 0.3) is 22.8 Å². The van der Waals surface area contributed by atoms with Crippen LogP contribution in [0.15, 0.2) is 48.5 Å². The normalized spacial score (nSPS) is 24.2. The van der Waals surface area contributed by atoms with Gasteiger partial charge in [-0.15, -0.1) is 0 Å². The third-order valence-electron chi connectivity index (χ3n) is 13.9. The molecule has 2 aromatic carbocycles. The molecular formula is C48H64N12O8S2. The van der Waals surface area contributed by atoms with Gasteiger partial charge in [0.05, 0.1) is 74.5 Å². The van der Waals surface area contributed by atoms with Gasteiger partial charge in [-0.1, -0.05) is 0 Å². The lowest BCUT2D eigenvalue weighted by molar-refractivity contribution is 0.0982. The van der Waals surface area contributed by atoms with Crippen LogP contribution in [-0.2, 0) is 42.4 Å². The van der Waals surface area contributed by atoms with E-state index in [9.17, 15) is 26.4 Å². The van der Waals surface area contributed by atoms with Crippen LogP contribution in [0, 0.1) is 0 Å². The Morgan fingerprint density at radius 1 is 0.600 bits per heavy atom. The molecule has 4 bridgehead atoms. The van der Waals surface area contributed by atoms with Gasteiger partial charge in [-0.25, -0.2) is 46.4 Å². The fourth-order valence-electron chi connectivity index (χ4n) is 11.0. The van der Waals surface area contributed by atoms with E-state index in [0.717, 1.165) is 71.0 Å². The lowest BCUT2D eigenvalue weighted by atomic mass is 9.98. The van der Waals surface area contributed by atoms with Crippen LogP contribution in [-0.4, -0.2) is 147 Å². The third kappa shape index (κ3) is 10.2. The maximum Gasteiger partial charge on any atom is 0.319 e. The number of rotatable bonds is 10. The standard InChI is InChI=1S/2C24H32N6O4S/c2*1-4-25-24(31)26-17-7-5-16(6-8-17)22-27-19-13-18-9-10-20(30(18)35(3,32)33)21(19)23(28-22)29-11-12-34-14-15(29)2/h2*5-8,15,18,20H,4,9-14H2,1-3H3,(H2,25,26,31)/t2*15-,18?,20?/m00/s1. The largest absolute Gasteiger partial charge is 0.377 e. The molecule has 0 radical (unpaired) electrons. The van der Waals surface area contributed by atoms with Crippen LogP contribution in [0.2, 0.25) is 0 Å². The summed E-state index contributed by atoms with van der Waals surface area (Å²) in [6.45, 7) is 12.8. The molecule has 6 atom stereocenters. The van der Waals surface area contributed by atoms with Gasteiger partial charge in [0.25, 0.3) is 0 Å². The summed E-state index contributed by atoms with van der Waals surface area (Å²) < 4.78 is 65.3. The van der Waals surface area contributed by atoms with Crippen molar-refractivity contribution < 1.29 is 35.9 Å². The molecule has 4 N–H and O–H groups in total. The molecule has 20 nitrogen and oxygen atoms in total. The quantitative estimate of drug-likeness (QED) is 0.163. The summed E-state index contributed by atoms with van der Waals surface area (Å²) in [5.74, 6) is 2.83. The molecule has 4 fully saturated rings. The SMILES string of the molecule is CCNC(=O)Nc1ccc(-c2nc3c(c(N4CCOC[C@@H]4C)n2)C2CCC(C3)N2S(C)(=O)=O)cc1.CCNC(=O)Nc1ccc(-c2nc3c(c(N4CCOC[C@@H]4C)n2)C2CCC(C3)N2S(C)(=O)=O)cc1. The summed E-state index contributed by atoms with van der Waals surface area (Å²) in [6, 6.07) is 14.1. The number of benzene rings is 2. The van der Waals surface area contributed by atoms with Gasteiger partial charge >= 0.3 is 12.1 Å². The van der Waals surface area contributed by atoms with Crippen LogP contribution in [0.5, 0.6) is 0 Å². The highest BCUT2D eigenvalue weighted by molar-refractivity contribution is 7.88. The van der Waals surface area contributed by atoms with E-state index in [4.69, 9.17) is 29.4 Å². The Balaban J connectivity index is 0.000000174. The Morgan fingerprint density at radius 3 is 1.33 bits per heavy atom. The topological polar surface area (TPSA) is 234 Å². The average Bonchev–Trinajstić information content (AvgIpc) is 3.84. The van der Waals surface area contributed by atoms with Crippen molar-refractivity contribution >= 4 is 55.1 Å². The summed E-state index contributed by atoms with van der Waals surface area (Å²) in [5.41, 5.74) is 6.79. The summed E-state index contributed by atoms with van der Waals surface area (Å²) in [6.07, 6.45) is 6.95. The minimum atomic E-state index is -3.35. The molecule has 0 aliphatic carbocycles. The first-order valence-electron chi connectivity index (χ1n) is 24.3. The Bertz CT molecular complexity index is 2630. The monoisotopic (exact) mass is 1000 g/mol. The molecule has 0 saturated carbocycles. The zero-order valence-electron chi connectivity index (χ0n) is 40.6. The first kappa shape index (κ1) is 49.5. The van der Waals surface area contributed by atoms with Crippen molar-refractivity contribution in [2.24, 2.45) is 0 Å². The predicted molar refractivity (Wildman–Crippen MR) is 268 cm³/mol. The number of carbonyl (C=O) groups is 2. The van der Waals surface area contributed by atoms with Crippen LogP contribution in [0.1, 0.15) is 88.0 Å². The van der Waals surface area contributed by atoms with Crippen LogP contribution in [0.4, 0.5) is 32.6 Å². The fraction of sp³-hybridized carbons (Fsp3) is 0.542. The number of hydrogen-bond donors (Lipinski definition) is 4. The minimum absolute atomic E-state index is 0.0659. The van der Waals surface area contributed by atoms with E-state index in [2.05, 4.69) is 44.9 Å². The zero-order chi connectivity index (χ0) is 49.5.